The molecule has 3 saturated heterocycles. The SMILES string of the molecule is CC#C[C@@H]1O[C@@H]1C(=O)N1CCN(c2nc(OC[C@@H]3CCCN3C)nc3c2CCN(c2cccc4cccc(Cl)c24)C3)C[C@@H]1CC#N. The monoisotopic (exact) mass is 639 g/mol. The van der Waals surface area contributed by atoms with Gasteiger partial charge >= 0.3 is 6.01 Å². The number of epoxide rings is 1. The predicted molar refractivity (Wildman–Crippen MR) is 177 cm³/mol. The first kappa shape index (κ1) is 30.6. The van der Waals surface area contributed by atoms with Gasteiger partial charge in [-0.25, -0.2) is 0 Å². The molecule has 3 aromatic rings. The number of fused-ring (bicyclic) bond motifs is 2. The Morgan fingerprint density at radius 3 is 2.74 bits per heavy atom. The third-order valence-corrected chi connectivity index (χ3v) is 10.0. The minimum Gasteiger partial charge on any atom is -0.462 e. The summed E-state index contributed by atoms with van der Waals surface area (Å²) in [6.45, 7) is 6.25. The molecule has 10 nitrogen and oxygen atoms in total. The number of amides is 1. The zero-order chi connectivity index (χ0) is 31.8. The van der Waals surface area contributed by atoms with Crippen LogP contribution >= 0.6 is 11.6 Å². The predicted octanol–water partition coefficient (Wildman–Crippen LogP) is 4.04. The fourth-order valence-corrected chi connectivity index (χ4v) is 7.43. The summed E-state index contributed by atoms with van der Waals surface area (Å²) in [6, 6.07) is 15.0. The summed E-state index contributed by atoms with van der Waals surface area (Å²) < 4.78 is 11.9. The molecule has 0 N–H and O–H groups in total. The van der Waals surface area contributed by atoms with Crippen molar-refractivity contribution in [2.45, 2.75) is 63.4 Å². The number of likely N-dealkylation sites (N-methyl/N-ethyl adjacent to an activating group) is 1. The number of halogens is 1. The number of hydrogen-bond donors (Lipinski definition) is 0. The smallest absolute Gasteiger partial charge is 0.318 e. The summed E-state index contributed by atoms with van der Waals surface area (Å²) in [5.74, 6) is 6.51. The number of hydrogen-bond acceptors (Lipinski definition) is 9. The van der Waals surface area contributed by atoms with Crippen LogP contribution in [0.2, 0.25) is 5.02 Å². The van der Waals surface area contributed by atoms with E-state index in [2.05, 4.69) is 63.9 Å². The molecule has 46 heavy (non-hydrogen) atoms. The molecule has 0 bridgehead atoms. The fourth-order valence-electron chi connectivity index (χ4n) is 7.15. The minimum absolute atomic E-state index is 0.0912. The van der Waals surface area contributed by atoms with Crippen LogP contribution in [0, 0.1) is 23.2 Å². The molecule has 0 spiro atoms. The van der Waals surface area contributed by atoms with E-state index in [1.165, 1.54) is 0 Å². The Balaban J connectivity index is 1.19. The van der Waals surface area contributed by atoms with Crippen LogP contribution in [0.25, 0.3) is 10.8 Å². The molecular weight excluding hydrogens is 602 g/mol. The summed E-state index contributed by atoms with van der Waals surface area (Å²) in [7, 11) is 2.13. The van der Waals surface area contributed by atoms with Crippen molar-refractivity contribution in [3.05, 3.63) is 52.7 Å². The number of nitriles is 1. The van der Waals surface area contributed by atoms with E-state index in [1.54, 1.807) is 11.8 Å². The van der Waals surface area contributed by atoms with Gasteiger partial charge in [0.15, 0.2) is 12.2 Å². The van der Waals surface area contributed by atoms with Crippen molar-refractivity contribution in [1.29, 1.82) is 5.26 Å². The summed E-state index contributed by atoms with van der Waals surface area (Å²) in [4.78, 5) is 32.0. The maximum Gasteiger partial charge on any atom is 0.318 e. The number of rotatable bonds is 7. The molecule has 238 valence electrons. The molecule has 1 amide bonds. The number of aromatic nitrogens is 2. The van der Waals surface area contributed by atoms with Gasteiger partial charge in [0, 0.05) is 48.9 Å². The van der Waals surface area contributed by atoms with Gasteiger partial charge in [-0.1, -0.05) is 41.8 Å². The van der Waals surface area contributed by atoms with Gasteiger partial charge < -0.3 is 29.1 Å². The van der Waals surface area contributed by atoms with E-state index in [1.807, 2.05) is 12.1 Å². The average molecular weight is 640 g/mol. The van der Waals surface area contributed by atoms with Gasteiger partial charge in [-0.15, -0.1) is 5.92 Å². The third-order valence-electron chi connectivity index (χ3n) is 9.69. The molecule has 0 unspecified atom stereocenters. The van der Waals surface area contributed by atoms with E-state index in [0.29, 0.717) is 44.8 Å². The molecule has 5 heterocycles. The quantitative estimate of drug-likeness (QED) is 0.280. The zero-order valence-electron chi connectivity index (χ0n) is 26.3. The number of carbonyl (C=O) groups is 1. The van der Waals surface area contributed by atoms with Crippen molar-refractivity contribution in [1.82, 2.24) is 19.8 Å². The van der Waals surface area contributed by atoms with Crippen molar-refractivity contribution >= 4 is 39.8 Å². The van der Waals surface area contributed by atoms with Crippen LogP contribution in [0.15, 0.2) is 36.4 Å². The Hall–Kier alpha value is -4.09. The number of benzene rings is 2. The number of piperazine rings is 1. The fraction of sp³-hybridized carbons (Fsp3) is 0.486. The van der Waals surface area contributed by atoms with Gasteiger partial charge in [0.05, 0.1) is 35.8 Å². The third kappa shape index (κ3) is 5.93. The topological polar surface area (TPSA) is 101 Å². The Kier molecular flexibility index (Phi) is 8.61. The molecule has 1 aromatic heterocycles. The lowest BCUT2D eigenvalue weighted by Gasteiger charge is -2.42. The first-order valence-electron chi connectivity index (χ1n) is 16.1. The van der Waals surface area contributed by atoms with Crippen LogP contribution in [-0.4, -0.2) is 96.3 Å². The van der Waals surface area contributed by atoms with E-state index in [0.717, 1.165) is 70.9 Å². The van der Waals surface area contributed by atoms with Crippen LogP contribution in [0.3, 0.4) is 0 Å². The van der Waals surface area contributed by atoms with Gasteiger partial charge in [0.1, 0.15) is 12.4 Å². The number of anilines is 2. The van der Waals surface area contributed by atoms with Crippen LogP contribution in [0.5, 0.6) is 6.01 Å². The van der Waals surface area contributed by atoms with Gasteiger partial charge in [-0.3, -0.25) is 4.79 Å². The Bertz CT molecular complexity index is 1740. The highest BCUT2D eigenvalue weighted by atomic mass is 35.5. The van der Waals surface area contributed by atoms with Gasteiger partial charge in [-0.05, 0) is 57.3 Å². The molecule has 4 aliphatic heterocycles. The Morgan fingerprint density at radius 2 is 1.96 bits per heavy atom. The van der Waals surface area contributed by atoms with E-state index in [9.17, 15) is 10.1 Å². The number of nitrogens with zero attached hydrogens (tertiary/aromatic N) is 7. The van der Waals surface area contributed by atoms with Crippen molar-refractivity contribution in [2.24, 2.45) is 0 Å². The zero-order valence-corrected chi connectivity index (χ0v) is 27.0. The molecule has 0 aliphatic carbocycles. The molecule has 11 heteroatoms. The molecule has 0 radical (unpaired) electrons. The Morgan fingerprint density at radius 1 is 1.11 bits per heavy atom. The van der Waals surface area contributed by atoms with Crippen LogP contribution in [0.1, 0.15) is 37.4 Å². The first-order chi connectivity index (χ1) is 22.4. The maximum absolute atomic E-state index is 13.3. The lowest BCUT2D eigenvalue weighted by molar-refractivity contribution is -0.135. The highest BCUT2D eigenvalue weighted by molar-refractivity contribution is 6.36. The number of likely N-dealkylation sites (tertiary alicyclic amines) is 1. The molecule has 4 atom stereocenters. The van der Waals surface area contributed by atoms with E-state index >= 15 is 0 Å². The summed E-state index contributed by atoms with van der Waals surface area (Å²) in [5.41, 5.74) is 3.10. The normalized spacial score (nSPS) is 24.3. The number of carbonyl (C=O) groups excluding carboxylic acids is 1. The van der Waals surface area contributed by atoms with Gasteiger partial charge in [-0.2, -0.15) is 15.2 Å². The van der Waals surface area contributed by atoms with Crippen molar-refractivity contribution in [3.63, 3.8) is 0 Å². The van der Waals surface area contributed by atoms with Crippen molar-refractivity contribution in [2.75, 3.05) is 56.2 Å². The maximum atomic E-state index is 13.3. The highest BCUT2D eigenvalue weighted by Crippen LogP contribution is 2.37. The van der Waals surface area contributed by atoms with Crippen molar-refractivity contribution in [3.8, 4) is 23.9 Å². The first-order valence-corrected chi connectivity index (χ1v) is 16.5. The van der Waals surface area contributed by atoms with E-state index in [-0.39, 0.29) is 24.5 Å². The standard InChI is InChI=1S/C35H38ClN7O3/c1-3-7-30-32(46-30)34(44)43-19-18-42(20-24(43)13-15-37)33-26-14-17-41(29-12-5-9-23-8-4-11-27(36)31(23)29)21-28(26)38-35(39-33)45-22-25-10-6-16-40(25)2/h4-5,8-9,11-12,24-25,30,32H,6,10,13-14,16-22H2,1-2H3/t24-,25-,30-,32-/m0/s1. The molecule has 0 saturated carbocycles. The Labute approximate surface area is 274 Å². The molecule has 2 aromatic carbocycles. The summed E-state index contributed by atoms with van der Waals surface area (Å²) in [5, 5.41) is 12.6. The molecule has 4 aliphatic rings. The van der Waals surface area contributed by atoms with E-state index < -0.39 is 6.10 Å². The minimum atomic E-state index is -0.547. The molecule has 3 fully saturated rings. The van der Waals surface area contributed by atoms with Gasteiger partial charge in [0.25, 0.3) is 5.91 Å². The lowest BCUT2D eigenvalue weighted by atomic mass is 10.0. The highest BCUT2D eigenvalue weighted by Gasteiger charge is 2.48. The lowest BCUT2D eigenvalue weighted by Crippen LogP contribution is -2.57. The second kappa shape index (κ2) is 13.0. The van der Waals surface area contributed by atoms with Crippen LogP contribution < -0.4 is 14.5 Å². The molecule has 7 rings (SSSR count). The van der Waals surface area contributed by atoms with Crippen LogP contribution in [0.4, 0.5) is 11.5 Å². The van der Waals surface area contributed by atoms with Crippen molar-refractivity contribution < 1.29 is 14.3 Å². The largest absolute Gasteiger partial charge is 0.462 e. The number of ether oxygens (including phenoxy) is 2. The van der Waals surface area contributed by atoms with Gasteiger partial charge in [0.2, 0.25) is 0 Å². The van der Waals surface area contributed by atoms with E-state index in [4.69, 9.17) is 31.0 Å². The second-order valence-corrected chi connectivity index (χ2v) is 12.9. The van der Waals surface area contributed by atoms with Crippen LogP contribution in [-0.2, 0) is 22.5 Å². The average Bonchev–Trinajstić information content (AvgIpc) is 3.72. The molecular formula is C35H38ClN7O3. The summed E-state index contributed by atoms with van der Waals surface area (Å²) in [6.07, 6.45) is 2.31. The second-order valence-electron chi connectivity index (χ2n) is 12.5. The summed E-state index contributed by atoms with van der Waals surface area (Å²) >= 11 is 6.72.